The topological polar surface area (TPSA) is 99.2 Å². The van der Waals surface area contributed by atoms with Crippen molar-refractivity contribution in [1.29, 1.82) is 0 Å². The number of methoxy groups -OCH3 is 1. The zero-order valence-corrected chi connectivity index (χ0v) is 14.4. The molecule has 3 rings (SSSR count). The third-order valence-corrected chi connectivity index (χ3v) is 6.04. The molecule has 1 aliphatic rings. The van der Waals surface area contributed by atoms with Crippen LogP contribution >= 0.6 is 0 Å². The Morgan fingerprint density at radius 2 is 2.04 bits per heavy atom. The molecule has 0 unspecified atom stereocenters. The van der Waals surface area contributed by atoms with Crippen LogP contribution in [0.2, 0.25) is 0 Å². The highest BCUT2D eigenvalue weighted by Gasteiger charge is 2.37. The van der Waals surface area contributed by atoms with Crippen LogP contribution in [0.4, 0.5) is 0 Å². The van der Waals surface area contributed by atoms with E-state index < -0.39 is 15.6 Å². The van der Waals surface area contributed by atoms with E-state index in [0.29, 0.717) is 18.0 Å². The summed E-state index contributed by atoms with van der Waals surface area (Å²) in [5.74, 6) is 0.617. The van der Waals surface area contributed by atoms with Gasteiger partial charge in [-0.3, -0.25) is 0 Å². The first-order chi connectivity index (χ1) is 11.5. The lowest BCUT2D eigenvalue weighted by Gasteiger charge is -2.27. The Morgan fingerprint density at radius 1 is 1.33 bits per heavy atom. The molecule has 1 aliphatic carbocycles. The molecule has 7 nitrogen and oxygen atoms in total. The van der Waals surface area contributed by atoms with E-state index in [4.69, 9.17) is 10.5 Å². The summed E-state index contributed by atoms with van der Waals surface area (Å²) in [7, 11) is -2.11. The van der Waals surface area contributed by atoms with Gasteiger partial charge in [-0.2, -0.15) is 5.10 Å². The number of benzene rings is 1. The van der Waals surface area contributed by atoms with Gasteiger partial charge in [0.2, 0.25) is 10.0 Å². The second-order valence-corrected chi connectivity index (χ2v) is 7.77. The summed E-state index contributed by atoms with van der Waals surface area (Å²) in [5.41, 5.74) is 5.96. The summed E-state index contributed by atoms with van der Waals surface area (Å²) in [6.07, 6.45) is 6.33. The van der Waals surface area contributed by atoms with Crippen molar-refractivity contribution in [2.75, 3.05) is 13.7 Å². The number of para-hydroxylation sites is 2. The molecule has 0 saturated heterocycles. The number of hydrogen-bond acceptors (Lipinski definition) is 5. The largest absolute Gasteiger partial charge is 0.494 e. The van der Waals surface area contributed by atoms with Gasteiger partial charge in [-0.1, -0.05) is 25.0 Å². The van der Waals surface area contributed by atoms with E-state index in [9.17, 15) is 8.42 Å². The molecule has 0 aliphatic heterocycles. The van der Waals surface area contributed by atoms with Gasteiger partial charge in [0.15, 0.2) is 0 Å². The summed E-state index contributed by atoms with van der Waals surface area (Å²) < 4.78 is 35.0. The summed E-state index contributed by atoms with van der Waals surface area (Å²) in [4.78, 5) is 0.119. The fourth-order valence-electron chi connectivity index (χ4n) is 3.14. The number of nitrogens with one attached hydrogen (secondary N) is 1. The number of sulfonamides is 1. The quantitative estimate of drug-likeness (QED) is 0.821. The monoisotopic (exact) mass is 350 g/mol. The lowest BCUT2D eigenvalue weighted by Crippen LogP contribution is -2.51. The minimum Gasteiger partial charge on any atom is -0.494 e. The van der Waals surface area contributed by atoms with Crippen molar-refractivity contribution in [3.63, 3.8) is 0 Å². The highest BCUT2D eigenvalue weighted by atomic mass is 32.2. The standard InChI is InChI=1S/C16H22N4O3S/c1-23-15-7-3-2-6-14(15)20-11-13(10-18-20)24(21,22)19-16(12-17)8-4-5-9-16/h2-3,6-7,10-11,19H,4-5,8-9,12,17H2,1H3. The maximum Gasteiger partial charge on any atom is 0.244 e. The van der Waals surface area contributed by atoms with Gasteiger partial charge in [0.25, 0.3) is 0 Å². The van der Waals surface area contributed by atoms with E-state index in [1.807, 2.05) is 18.2 Å². The Hall–Kier alpha value is -1.90. The van der Waals surface area contributed by atoms with Crippen molar-refractivity contribution in [2.45, 2.75) is 36.1 Å². The number of rotatable bonds is 6. The van der Waals surface area contributed by atoms with E-state index in [-0.39, 0.29) is 4.90 Å². The molecule has 0 spiro atoms. The molecule has 3 N–H and O–H groups in total. The van der Waals surface area contributed by atoms with Crippen molar-refractivity contribution >= 4 is 10.0 Å². The first-order valence-electron chi connectivity index (χ1n) is 7.92. The summed E-state index contributed by atoms with van der Waals surface area (Å²) in [6.45, 7) is 0.298. The molecule has 2 aromatic rings. The van der Waals surface area contributed by atoms with Crippen molar-refractivity contribution < 1.29 is 13.2 Å². The molecular formula is C16H22N4O3S. The lowest BCUT2D eigenvalue weighted by atomic mass is 10.0. The zero-order chi connectivity index (χ0) is 17.2. The van der Waals surface area contributed by atoms with Gasteiger partial charge >= 0.3 is 0 Å². The Balaban J connectivity index is 1.89. The SMILES string of the molecule is COc1ccccc1-n1cc(S(=O)(=O)NC2(CN)CCCC2)cn1. The van der Waals surface area contributed by atoms with E-state index in [1.165, 1.54) is 17.1 Å². The second-order valence-electron chi connectivity index (χ2n) is 6.09. The average molecular weight is 350 g/mol. The molecule has 8 heteroatoms. The summed E-state index contributed by atoms with van der Waals surface area (Å²) in [5, 5.41) is 4.17. The van der Waals surface area contributed by atoms with Gasteiger partial charge in [0.05, 0.1) is 19.5 Å². The zero-order valence-electron chi connectivity index (χ0n) is 13.6. The maximum absolute atomic E-state index is 12.7. The lowest BCUT2D eigenvalue weighted by molar-refractivity contribution is 0.399. The summed E-state index contributed by atoms with van der Waals surface area (Å²) in [6, 6.07) is 7.30. The third kappa shape index (κ3) is 3.17. The van der Waals surface area contributed by atoms with Crippen LogP contribution < -0.4 is 15.2 Å². The maximum atomic E-state index is 12.7. The number of nitrogens with two attached hydrogens (primary N) is 1. The molecular weight excluding hydrogens is 328 g/mol. The van der Waals surface area contributed by atoms with E-state index >= 15 is 0 Å². The molecule has 130 valence electrons. The molecule has 1 aromatic heterocycles. The van der Waals surface area contributed by atoms with Crippen LogP contribution in [0, 0.1) is 0 Å². The number of nitrogens with zero attached hydrogens (tertiary/aromatic N) is 2. The molecule has 0 radical (unpaired) electrons. The van der Waals surface area contributed by atoms with Crippen LogP contribution in [0.15, 0.2) is 41.6 Å². The Kier molecular flexibility index (Phi) is 4.62. The molecule has 24 heavy (non-hydrogen) atoms. The molecule has 1 heterocycles. The van der Waals surface area contributed by atoms with E-state index in [2.05, 4.69) is 9.82 Å². The minimum absolute atomic E-state index is 0.119. The van der Waals surface area contributed by atoms with Gasteiger partial charge in [0, 0.05) is 12.1 Å². The smallest absolute Gasteiger partial charge is 0.244 e. The number of aromatic nitrogens is 2. The van der Waals surface area contributed by atoms with Gasteiger partial charge in [-0.05, 0) is 25.0 Å². The fraction of sp³-hybridized carbons (Fsp3) is 0.438. The first kappa shape index (κ1) is 16.9. The van der Waals surface area contributed by atoms with E-state index in [0.717, 1.165) is 25.7 Å². The number of ether oxygens (including phenoxy) is 1. The fourth-order valence-corrected chi connectivity index (χ4v) is 4.54. The van der Waals surface area contributed by atoms with Gasteiger partial charge in [-0.15, -0.1) is 0 Å². The van der Waals surface area contributed by atoms with Crippen LogP contribution in [0.3, 0.4) is 0 Å². The predicted molar refractivity (Wildman–Crippen MR) is 90.7 cm³/mol. The van der Waals surface area contributed by atoms with Crippen molar-refractivity contribution in [1.82, 2.24) is 14.5 Å². The van der Waals surface area contributed by atoms with Crippen LogP contribution in [-0.4, -0.2) is 37.4 Å². The molecule has 0 amide bonds. The van der Waals surface area contributed by atoms with Crippen LogP contribution in [0.5, 0.6) is 5.75 Å². The normalized spacial score (nSPS) is 17.1. The van der Waals surface area contributed by atoms with Gasteiger partial charge in [-0.25, -0.2) is 17.8 Å². The van der Waals surface area contributed by atoms with Gasteiger partial charge in [0.1, 0.15) is 16.3 Å². The Bertz CT molecular complexity index is 810. The minimum atomic E-state index is -3.68. The van der Waals surface area contributed by atoms with Gasteiger partial charge < -0.3 is 10.5 Å². The van der Waals surface area contributed by atoms with Crippen LogP contribution in [-0.2, 0) is 10.0 Å². The van der Waals surface area contributed by atoms with Crippen molar-refractivity contribution in [2.24, 2.45) is 5.73 Å². The molecule has 1 saturated carbocycles. The Morgan fingerprint density at radius 3 is 2.71 bits per heavy atom. The molecule has 1 aromatic carbocycles. The molecule has 0 atom stereocenters. The third-order valence-electron chi connectivity index (χ3n) is 4.50. The molecule has 0 bridgehead atoms. The van der Waals surface area contributed by atoms with Crippen molar-refractivity contribution in [3.05, 3.63) is 36.7 Å². The highest BCUT2D eigenvalue weighted by molar-refractivity contribution is 7.89. The molecule has 1 fully saturated rings. The number of hydrogen-bond donors (Lipinski definition) is 2. The Labute approximate surface area is 141 Å². The van der Waals surface area contributed by atoms with Crippen LogP contribution in [0.1, 0.15) is 25.7 Å². The summed E-state index contributed by atoms with van der Waals surface area (Å²) >= 11 is 0. The van der Waals surface area contributed by atoms with E-state index in [1.54, 1.807) is 13.2 Å². The average Bonchev–Trinajstić information content (AvgIpc) is 3.24. The van der Waals surface area contributed by atoms with Crippen LogP contribution in [0.25, 0.3) is 5.69 Å². The first-order valence-corrected chi connectivity index (χ1v) is 9.40. The predicted octanol–water partition coefficient (Wildman–Crippen LogP) is 1.43. The van der Waals surface area contributed by atoms with Crippen molar-refractivity contribution in [3.8, 4) is 11.4 Å². The highest BCUT2D eigenvalue weighted by Crippen LogP contribution is 2.30. The second kappa shape index (κ2) is 6.54.